The van der Waals surface area contributed by atoms with Crippen molar-refractivity contribution < 1.29 is 19.2 Å². The van der Waals surface area contributed by atoms with Crippen LogP contribution in [0.25, 0.3) is 0 Å². The molecular weight excluding hydrogens is 374 g/mol. The van der Waals surface area contributed by atoms with E-state index in [-0.39, 0.29) is 24.0 Å². The van der Waals surface area contributed by atoms with E-state index in [1.54, 1.807) is 6.07 Å². The first-order valence-corrected chi connectivity index (χ1v) is 8.91. The number of carbonyl (C=O) groups excluding carboxylic acids is 1. The van der Waals surface area contributed by atoms with E-state index in [1.165, 1.54) is 20.3 Å². The number of benzene rings is 1. The minimum atomic E-state index is -0.448. The van der Waals surface area contributed by atoms with Crippen LogP contribution in [0.5, 0.6) is 11.5 Å². The average Bonchev–Trinajstić information content (AvgIpc) is 2.66. The molecule has 1 aromatic carbocycles. The Hall–Kier alpha value is -2.06. The molecule has 152 valence electrons. The van der Waals surface area contributed by atoms with Crippen LogP contribution in [0.1, 0.15) is 31.2 Å². The van der Waals surface area contributed by atoms with E-state index in [0.717, 1.165) is 32.4 Å². The van der Waals surface area contributed by atoms with Crippen molar-refractivity contribution in [2.45, 2.75) is 32.1 Å². The molecule has 0 saturated carbocycles. The van der Waals surface area contributed by atoms with E-state index in [1.807, 2.05) is 0 Å². The molecule has 1 saturated heterocycles. The highest BCUT2D eigenvalue weighted by atomic mass is 35.5. The third kappa shape index (κ3) is 6.88. The fraction of sp³-hybridized carbons (Fsp3) is 0.611. The summed E-state index contributed by atoms with van der Waals surface area (Å²) in [5.74, 6) is 1.35. The number of ether oxygens (including phenoxy) is 2. The number of methoxy groups -OCH3 is 2. The third-order valence-corrected chi connectivity index (χ3v) is 4.74. The minimum absolute atomic E-state index is 0. The predicted octanol–water partition coefficient (Wildman–Crippen LogP) is 2.47. The number of hydrogen-bond donors (Lipinski definition) is 2. The fourth-order valence-corrected chi connectivity index (χ4v) is 3.21. The normalized spacial score (nSPS) is 14.1. The predicted molar refractivity (Wildman–Crippen MR) is 105 cm³/mol. The highest BCUT2D eigenvalue weighted by molar-refractivity contribution is 5.85. The molecule has 9 heteroatoms. The molecule has 1 aromatic rings. The topological polar surface area (TPSA) is 103 Å². The number of rotatable bonds is 9. The van der Waals surface area contributed by atoms with Gasteiger partial charge in [-0.2, -0.15) is 0 Å². The van der Waals surface area contributed by atoms with Crippen LogP contribution in [0.3, 0.4) is 0 Å². The molecule has 1 amide bonds. The Kier molecular flexibility index (Phi) is 9.88. The zero-order chi connectivity index (χ0) is 18.9. The maximum atomic E-state index is 12.0. The van der Waals surface area contributed by atoms with E-state index in [2.05, 4.69) is 10.6 Å². The van der Waals surface area contributed by atoms with Crippen molar-refractivity contribution in [3.8, 4) is 11.5 Å². The van der Waals surface area contributed by atoms with Crippen LogP contribution < -0.4 is 20.1 Å². The summed E-state index contributed by atoms with van der Waals surface area (Å²) in [6, 6.07) is 2.95. The number of hydrogen-bond acceptors (Lipinski definition) is 6. The summed E-state index contributed by atoms with van der Waals surface area (Å²) in [6.07, 6.45) is 3.98. The Morgan fingerprint density at radius 3 is 2.48 bits per heavy atom. The lowest BCUT2D eigenvalue weighted by Crippen LogP contribution is -2.30. The van der Waals surface area contributed by atoms with Gasteiger partial charge >= 0.3 is 0 Å². The second-order valence-corrected chi connectivity index (χ2v) is 6.43. The number of halogens is 1. The smallest absolute Gasteiger partial charge is 0.276 e. The molecule has 0 radical (unpaired) electrons. The lowest BCUT2D eigenvalue weighted by Gasteiger charge is -2.22. The van der Waals surface area contributed by atoms with E-state index < -0.39 is 4.92 Å². The summed E-state index contributed by atoms with van der Waals surface area (Å²) in [6.45, 7) is 2.39. The first-order chi connectivity index (χ1) is 12.5. The van der Waals surface area contributed by atoms with Crippen LogP contribution in [0.15, 0.2) is 12.1 Å². The lowest BCUT2D eigenvalue weighted by molar-refractivity contribution is -0.385. The van der Waals surface area contributed by atoms with E-state index in [9.17, 15) is 14.9 Å². The van der Waals surface area contributed by atoms with Crippen molar-refractivity contribution in [2.75, 3.05) is 33.9 Å². The number of nitro benzene ring substituents is 1. The Morgan fingerprint density at radius 1 is 1.26 bits per heavy atom. The molecule has 0 bridgehead atoms. The molecule has 27 heavy (non-hydrogen) atoms. The van der Waals surface area contributed by atoms with E-state index in [4.69, 9.17) is 9.47 Å². The molecule has 2 N–H and O–H groups in total. The Balaban J connectivity index is 0.00000364. The molecular formula is C18H28ClN3O5. The zero-order valence-corrected chi connectivity index (χ0v) is 16.6. The quantitative estimate of drug-likeness (QED) is 0.486. The summed E-state index contributed by atoms with van der Waals surface area (Å²) in [5.41, 5.74) is 0.470. The summed E-state index contributed by atoms with van der Waals surface area (Å²) in [5, 5.41) is 17.4. The Labute approximate surface area is 165 Å². The summed E-state index contributed by atoms with van der Waals surface area (Å²) >= 11 is 0. The largest absolute Gasteiger partial charge is 0.493 e. The summed E-state index contributed by atoms with van der Waals surface area (Å²) in [7, 11) is 2.92. The lowest BCUT2D eigenvalue weighted by atomic mass is 9.93. The van der Waals surface area contributed by atoms with Gasteiger partial charge in [0.25, 0.3) is 5.69 Å². The highest BCUT2D eigenvalue weighted by Crippen LogP contribution is 2.34. The van der Waals surface area contributed by atoms with Crippen molar-refractivity contribution in [1.82, 2.24) is 10.6 Å². The molecule has 0 atom stereocenters. The monoisotopic (exact) mass is 401 g/mol. The second-order valence-electron chi connectivity index (χ2n) is 6.43. The van der Waals surface area contributed by atoms with Crippen LogP contribution in [-0.2, 0) is 11.2 Å². The van der Waals surface area contributed by atoms with Gasteiger partial charge in [0.1, 0.15) is 0 Å². The zero-order valence-electron chi connectivity index (χ0n) is 15.8. The van der Waals surface area contributed by atoms with Gasteiger partial charge in [0, 0.05) is 18.5 Å². The second kappa shape index (κ2) is 11.6. The van der Waals surface area contributed by atoms with Gasteiger partial charge in [0.05, 0.1) is 25.2 Å². The van der Waals surface area contributed by atoms with Crippen molar-refractivity contribution in [3.63, 3.8) is 0 Å². The molecule has 1 aliphatic rings. The first-order valence-electron chi connectivity index (χ1n) is 8.91. The van der Waals surface area contributed by atoms with Gasteiger partial charge in [-0.05, 0) is 50.8 Å². The molecule has 1 heterocycles. The highest BCUT2D eigenvalue weighted by Gasteiger charge is 2.19. The first kappa shape index (κ1) is 23.0. The van der Waals surface area contributed by atoms with Crippen molar-refractivity contribution in [1.29, 1.82) is 0 Å². The molecule has 0 aromatic heterocycles. The van der Waals surface area contributed by atoms with Crippen LogP contribution in [0.2, 0.25) is 0 Å². The molecule has 2 rings (SSSR count). The SMILES string of the molecule is COc1cc(CCNC(=O)CCC2CCNCC2)c([N+](=O)[O-])cc1OC.Cl. The number of piperidine rings is 1. The Morgan fingerprint density at radius 2 is 1.89 bits per heavy atom. The summed E-state index contributed by atoms with van der Waals surface area (Å²) < 4.78 is 10.3. The fourth-order valence-electron chi connectivity index (χ4n) is 3.21. The standard InChI is InChI=1S/C18H27N3O5.ClH/c1-25-16-11-14(15(21(23)24)12-17(16)26-2)7-10-20-18(22)4-3-13-5-8-19-9-6-13;/h11-13,19H,3-10H2,1-2H3,(H,20,22);1H. The van der Waals surface area contributed by atoms with Crippen LogP contribution >= 0.6 is 12.4 Å². The van der Waals surface area contributed by atoms with Crippen LogP contribution in [0.4, 0.5) is 5.69 Å². The van der Waals surface area contributed by atoms with Crippen molar-refractivity contribution >= 4 is 24.0 Å². The number of nitro groups is 1. The number of nitrogens with zero attached hydrogens (tertiary/aromatic N) is 1. The number of nitrogens with one attached hydrogen (secondary N) is 2. The molecule has 1 fully saturated rings. The van der Waals surface area contributed by atoms with E-state index >= 15 is 0 Å². The van der Waals surface area contributed by atoms with Crippen molar-refractivity contribution in [3.05, 3.63) is 27.8 Å². The van der Waals surface area contributed by atoms with Crippen molar-refractivity contribution in [2.24, 2.45) is 5.92 Å². The van der Waals surface area contributed by atoms with Gasteiger partial charge in [-0.1, -0.05) is 0 Å². The minimum Gasteiger partial charge on any atom is -0.493 e. The van der Waals surface area contributed by atoms with Gasteiger partial charge in [-0.15, -0.1) is 12.4 Å². The third-order valence-electron chi connectivity index (χ3n) is 4.74. The van der Waals surface area contributed by atoms with Gasteiger partial charge in [-0.3, -0.25) is 14.9 Å². The Bertz CT molecular complexity index is 636. The number of amides is 1. The number of carbonyl (C=O) groups is 1. The van der Waals surface area contributed by atoms with E-state index in [0.29, 0.717) is 42.4 Å². The molecule has 0 spiro atoms. The summed E-state index contributed by atoms with van der Waals surface area (Å²) in [4.78, 5) is 22.8. The van der Waals surface area contributed by atoms with Gasteiger partial charge in [0.2, 0.25) is 5.91 Å². The van der Waals surface area contributed by atoms with Gasteiger partial charge in [0.15, 0.2) is 11.5 Å². The van der Waals surface area contributed by atoms with Crippen LogP contribution in [-0.4, -0.2) is 44.7 Å². The molecule has 0 aliphatic carbocycles. The molecule has 1 aliphatic heterocycles. The molecule has 8 nitrogen and oxygen atoms in total. The maximum absolute atomic E-state index is 12.0. The average molecular weight is 402 g/mol. The van der Waals surface area contributed by atoms with Gasteiger partial charge in [-0.25, -0.2) is 0 Å². The van der Waals surface area contributed by atoms with Crippen LogP contribution in [0, 0.1) is 16.0 Å². The molecule has 0 unspecified atom stereocenters. The maximum Gasteiger partial charge on any atom is 0.276 e. The van der Waals surface area contributed by atoms with Gasteiger partial charge < -0.3 is 20.1 Å².